The Bertz CT molecular complexity index is 546. The summed E-state index contributed by atoms with van der Waals surface area (Å²) >= 11 is 5.42. The van der Waals surface area contributed by atoms with Gasteiger partial charge in [0.1, 0.15) is 5.82 Å². The summed E-state index contributed by atoms with van der Waals surface area (Å²) in [6, 6.07) is 1.34. The van der Waals surface area contributed by atoms with Gasteiger partial charge >= 0.3 is 0 Å². The van der Waals surface area contributed by atoms with E-state index >= 15 is 0 Å². The number of halogens is 2. The Balaban J connectivity index is 3.05. The Hall–Kier alpha value is -1.18. The van der Waals surface area contributed by atoms with E-state index in [1.807, 2.05) is 4.72 Å². The summed E-state index contributed by atoms with van der Waals surface area (Å²) in [5.74, 6) is -2.33. The van der Waals surface area contributed by atoms with Gasteiger partial charge in [-0.2, -0.15) is 0 Å². The Kier molecular flexibility index (Phi) is 4.07. The van der Waals surface area contributed by atoms with Gasteiger partial charge in [0.25, 0.3) is 0 Å². The van der Waals surface area contributed by atoms with Crippen LogP contribution in [0, 0.1) is 5.82 Å². The van der Waals surface area contributed by atoms with Crippen molar-refractivity contribution in [2.75, 3.05) is 0 Å². The highest BCUT2D eigenvalue weighted by Gasteiger charge is 2.18. The van der Waals surface area contributed by atoms with Crippen LogP contribution < -0.4 is 9.83 Å². The third-order valence-corrected chi connectivity index (χ3v) is 3.71. The van der Waals surface area contributed by atoms with E-state index in [0.29, 0.717) is 0 Å². The van der Waals surface area contributed by atoms with Crippen molar-refractivity contribution in [1.29, 1.82) is 0 Å². The van der Waals surface area contributed by atoms with Crippen molar-refractivity contribution in [3.05, 3.63) is 29.0 Å². The fourth-order valence-electron chi connectivity index (χ4n) is 0.993. The SMILES string of the molecule is C[C@@H](NS(=O)(=O)c1ccc(F)c(Cl)c1)C(=O)[O-]. The quantitative estimate of drug-likeness (QED) is 0.834. The molecule has 1 aromatic carbocycles. The van der Waals surface area contributed by atoms with Gasteiger partial charge in [-0.15, -0.1) is 0 Å². The Morgan fingerprint density at radius 2 is 2.12 bits per heavy atom. The molecule has 1 atom stereocenters. The molecule has 0 amide bonds. The second-order valence-electron chi connectivity index (χ2n) is 3.24. The molecule has 17 heavy (non-hydrogen) atoms. The molecule has 0 unspecified atom stereocenters. The molecule has 0 saturated heterocycles. The molecule has 94 valence electrons. The summed E-state index contributed by atoms with van der Waals surface area (Å²) < 4.78 is 37.9. The highest BCUT2D eigenvalue weighted by molar-refractivity contribution is 7.89. The minimum absolute atomic E-state index is 0.322. The lowest BCUT2D eigenvalue weighted by Crippen LogP contribution is -2.45. The van der Waals surface area contributed by atoms with Crippen LogP contribution in [-0.2, 0) is 14.8 Å². The van der Waals surface area contributed by atoms with E-state index in [4.69, 9.17) is 11.6 Å². The van der Waals surface area contributed by atoms with E-state index in [1.54, 1.807) is 0 Å². The van der Waals surface area contributed by atoms with Crippen molar-refractivity contribution >= 4 is 27.6 Å². The molecule has 5 nitrogen and oxygen atoms in total. The standard InChI is InChI=1S/C9H9ClFNO4S/c1-5(9(13)14)12-17(15,16)6-2-3-8(11)7(10)4-6/h2-5,12H,1H3,(H,13,14)/p-1/t5-/m1/s1. The monoisotopic (exact) mass is 280 g/mol. The lowest BCUT2D eigenvalue weighted by Gasteiger charge is -2.14. The van der Waals surface area contributed by atoms with Crippen LogP contribution in [-0.4, -0.2) is 20.4 Å². The zero-order valence-corrected chi connectivity index (χ0v) is 10.2. The number of benzene rings is 1. The van der Waals surface area contributed by atoms with Gasteiger partial charge in [0.15, 0.2) is 0 Å². The normalized spacial score (nSPS) is 13.4. The number of hydrogen-bond donors (Lipinski definition) is 1. The van der Waals surface area contributed by atoms with Crippen LogP contribution in [0.2, 0.25) is 5.02 Å². The maximum atomic E-state index is 12.8. The molecule has 1 N–H and O–H groups in total. The van der Waals surface area contributed by atoms with Crippen LogP contribution in [0.4, 0.5) is 4.39 Å². The predicted molar refractivity (Wildman–Crippen MR) is 56.2 cm³/mol. The first-order chi connectivity index (χ1) is 7.74. The first-order valence-electron chi connectivity index (χ1n) is 4.42. The van der Waals surface area contributed by atoms with Gasteiger partial charge in [-0.25, -0.2) is 17.5 Å². The molecule has 0 heterocycles. The first kappa shape index (κ1) is 13.9. The zero-order chi connectivity index (χ0) is 13.2. The Labute approximate surface area is 102 Å². The van der Waals surface area contributed by atoms with Crippen LogP contribution >= 0.6 is 11.6 Å². The number of aliphatic carboxylic acids is 1. The smallest absolute Gasteiger partial charge is 0.241 e. The van der Waals surface area contributed by atoms with Crippen molar-refractivity contribution in [2.45, 2.75) is 17.9 Å². The molecule has 1 rings (SSSR count). The highest BCUT2D eigenvalue weighted by Crippen LogP contribution is 2.19. The number of nitrogens with one attached hydrogen (secondary N) is 1. The van der Waals surface area contributed by atoms with E-state index in [9.17, 15) is 22.7 Å². The molecular formula is C9H8ClFNO4S-. The highest BCUT2D eigenvalue weighted by atomic mass is 35.5. The number of carboxylic acids is 1. The molecule has 8 heteroatoms. The zero-order valence-electron chi connectivity index (χ0n) is 8.61. The summed E-state index contributed by atoms with van der Waals surface area (Å²) in [6.07, 6.45) is 0. The molecule has 0 bridgehead atoms. The summed E-state index contributed by atoms with van der Waals surface area (Å²) in [5.41, 5.74) is 0. The van der Waals surface area contributed by atoms with E-state index in [1.165, 1.54) is 0 Å². The lowest BCUT2D eigenvalue weighted by atomic mass is 10.3. The van der Waals surface area contributed by atoms with Crippen molar-refractivity contribution in [2.24, 2.45) is 0 Å². The van der Waals surface area contributed by atoms with Crippen molar-refractivity contribution in [3.8, 4) is 0 Å². The number of rotatable bonds is 4. The van der Waals surface area contributed by atoms with E-state index in [-0.39, 0.29) is 9.92 Å². The number of hydrogen-bond acceptors (Lipinski definition) is 4. The third kappa shape index (κ3) is 3.39. The van der Waals surface area contributed by atoms with Crippen LogP contribution in [0.25, 0.3) is 0 Å². The van der Waals surface area contributed by atoms with Crippen molar-refractivity contribution < 1.29 is 22.7 Å². The molecular weight excluding hydrogens is 273 g/mol. The fraction of sp³-hybridized carbons (Fsp3) is 0.222. The fourth-order valence-corrected chi connectivity index (χ4v) is 2.46. The molecule has 0 fully saturated rings. The van der Waals surface area contributed by atoms with Gasteiger partial charge in [0.05, 0.1) is 21.9 Å². The first-order valence-corrected chi connectivity index (χ1v) is 6.28. The van der Waals surface area contributed by atoms with Gasteiger partial charge in [-0.1, -0.05) is 11.6 Å². The van der Waals surface area contributed by atoms with Crippen LogP contribution in [0.15, 0.2) is 23.1 Å². The summed E-state index contributed by atoms with van der Waals surface area (Å²) in [4.78, 5) is 10.1. The molecule has 1 aromatic rings. The second kappa shape index (κ2) is 4.99. The van der Waals surface area contributed by atoms with Gasteiger partial charge < -0.3 is 9.90 Å². The minimum Gasteiger partial charge on any atom is -0.548 e. The van der Waals surface area contributed by atoms with Gasteiger partial charge in [0, 0.05) is 0 Å². The number of sulfonamides is 1. The van der Waals surface area contributed by atoms with Gasteiger partial charge in [-0.3, -0.25) is 0 Å². The second-order valence-corrected chi connectivity index (χ2v) is 5.36. The minimum atomic E-state index is -4.07. The molecule has 0 aliphatic carbocycles. The maximum Gasteiger partial charge on any atom is 0.241 e. The van der Waals surface area contributed by atoms with Gasteiger partial charge in [0.2, 0.25) is 10.0 Å². The summed E-state index contributed by atoms with van der Waals surface area (Å²) in [7, 11) is -4.07. The lowest BCUT2D eigenvalue weighted by molar-refractivity contribution is -0.307. The average molecular weight is 281 g/mol. The summed E-state index contributed by atoms with van der Waals surface area (Å²) in [6.45, 7) is 1.11. The predicted octanol–water partition coefficient (Wildman–Crippen LogP) is -0.104. The van der Waals surface area contributed by atoms with Crippen LogP contribution in [0.1, 0.15) is 6.92 Å². The molecule has 0 aliphatic rings. The van der Waals surface area contributed by atoms with E-state index in [2.05, 4.69) is 0 Å². The van der Waals surface area contributed by atoms with Crippen molar-refractivity contribution in [3.63, 3.8) is 0 Å². The van der Waals surface area contributed by atoms with Crippen LogP contribution in [0.5, 0.6) is 0 Å². The topological polar surface area (TPSA) is 86.3 Å². The Morgan fingerprint density at radius 1 is 1.53 bits per heavy atom. The van der Waals surface area contributed by atoms with E-state index in [0.717, 1.165) is 25.1 Å². The molecule has 0 spiro atoms. The number of carbonyl (C=O) groups is 1. The number of carboxylic acid groups (broad SMARTS) is 1. The molecule has 0 aliphatic heterocycles. The van der Waals surface area contributed by atoms with Gasteiger partial charge in [-0.05, 0) is 25.1 Å². The largest absolute Gasteiger partial charge is 0.548 e. The number of carbonyl (C=O) groups excluding carboxylic acids is 1. The van der Waals surface area contributed by atoms with Crippen molar-refractivity contribution in [1.82, 2.24) is 4.72 Å². The van der Waals surface area contributed by atoms with E-state index < -0.39 is 27.9 Å². The van der Waals surface area contributed by atoms with Crippen LogP contribution in [0.3, 0.4) is 0 Å². The third-order valence-electron chi connectivity index (χ3n) is 1.89. The average Bonchev–Trinajstić information content (AvgIpc) is 2.21. The summed E-state index contributed by atoms with van der Waals surface area (Å²) in [5, 5.41) is 10.0. The molecule has 0 aromatic heterocycles. The maximum absolute atomic E-state index is 12.8. The molecule has 0 saturated carbocycles. The Morgan fingerprint density at radius 3 is 2.59 bits per heavy atom. The molecule has 0 radical (unpaired) electrons.